The fraction of sp³-hybridized carbons (Fsp3) is 0.400. The topological polar surface area (TPSA) is 54.7 Å². The fourth-order valence-corrected chi connectivity index (χ4v) is 2.27. The van der Waals surface area contributed by atoms with E-state index in [0.717, 1.165) is 17.9 Å². The van der Waals surface area contributed by atoms with Crippen molar-refractivity contribution >= 4 is 0 Å². The van der Waals surface area contributed by atoms with E-state index in [1.165, 1.54) is 16.7 Å². The third-order valence-corrected chi connectivity index (χ3v) is 3.43. The summed E-state index contributed by atoms with van der Waals surface area (Å²) in [5.74, 6) is 1.32. The predicted molar refractivity (Wildman–Crippen MR) is 75.6 cm³/mol. The van der Waals surface area contributed by atoms with Crippen LogP contribution in [0.3, 0.4) is 0 Å². The van der Waals surface area contributed by atoms with Crippen molar-refractivity contribution < 1.29 is 0 Å². The number of hydrogen-bond donors (Lipinski definition) is 2. The molecule has 1 heterocycles. The van der Waals surface area contributed by atoms with Gasteiger partial charge in [0.25, 0.3) is 0 Å². The van der Waals surface area contributed by atoms with Crippen LogP contribution < -0.4 is 5.73 Å². The van der Waals surface area contributed by atoms with Gasteiger partial charge in [0, 0.05) is 18.0 Å². The molecular formula is C15H21N3. The molecule has 1 aromatic heterocycles. The quantitative estimate of drug-likeness (QED) is 0.866. The van der Waals surface area contributed by atoms with Crippen LogP contribution in [0.15, 0.2) is 24.4 Å². The summed E-state index contributed by atoms with van der Waals surface area (Å²) in [7, 11) is 0. The maximum Gasteiger partial charge on any atom is 0.110 e. The van der Waals surface area contributed by atoms with E-state index in [1.807, 2.05) is 6.20 Å². The largest absolute Gasteiger partial charge is 0.342 e. The minimum atomic E-state index is 0.324. The van der Waals surface area contributed by atoms with E-state index in [4.69, 9.17) is 5.73 Å². The van der Waals surface area contributed by atoms with Gasteiger partial charge in [-0.25, -0.2) is 4.98 Å². The average molecular weight is 243 g/mol. The van der Waals surface area contributed by atoms with Gasteiger partial charge in [-0.15, -0.1) is 0 Å². The first-order chi connectivity index (χ1) is 8.65. The van der Waals surface area contributed by atoms with Gasteiger partial charge in [-0.3, -0.25) is 0 Å². The zero-order valence-corrected chi connectivity index (χ0v) is 11.3. The third kappa shape index (κ3) is 2.46. The molecular weight excluding hydrogens is 222 g/mol. The Labute approximate surface area is 108 Å². The summed E-state index contributed by atoms with van der Waals surface area (Å²) in [6.45, 7) is 7.01. The summed E-state index contributed by atoms with van der Waals surface area (Å²) in [6.07, 6.45) is 2.92. The van der Waals surface area contributed by atoms with Crippen molar-refractivity contribution in [1.29, 1.82) is 0 Å². The Hall–Kier alpha value is -1.61. The lowest BCUT2D eigenvalue weighted by molar-refractivity contribution is 0.639. The number of aromatic nitrogens is 2. The molecule has 0 amide bonds. The molecule has 3 N–H and O–H groups in total. The van der Waals surface area contributed by atoms with Gasteiger partial charge in [-0.05, 0) is 25.8 Å². The Morgan fingerprint density at radius 3 is 2.72 bits per heavy atom. The predicted octanol–water partition coefficient (Wildman–Crippen LogP) is 3.15. The number of benzene rings is 1. The molecule has 3 heteroatoms. The molecule has 0 bridgehead atoms. The van der Waals surface area contributed by atoms with Crippen LogP contribution in [-0.4, -0.2) is 16.5 Å². The number of rotatable bonds is 4. The Balaban J connectivity index is 2.34. The second-order valence-electron chi connectivity index (χ2n) is 4.84. The molecule has 0 radical (unpaired) electrons. The van der Waals surface area contributed by atoms with Crippen molar-refractivity contribution in [3.8, 4) is 11.3 Å². The van der Waals surface area contributed by atoms with Gasteiger partial charge in [0.2, 0.25) is 0 Å². The number of nitrogens with one attached hydrogen (secondary N) is 1. The lowest BCUT2D eigenvalue weighted by Crippen LogP contribution is -2.12. The van der Waals surface area contributed by atoms with Crippen molar-refractivity contribution in [2.45, 2.75) is 33.1 Å². The Morgan fingerprint density at radius 2 is 2.11 bits per heavy atom. The molecule has 1 aromatic carbocycles. The molecule has 0 spiro atoms. The van der Waals surface area contributed by atoms with E-state index in [-0.39, 0.29) is 0 Å². The molecule has 1 atom stereocenters. The zero-order chi connectivity index (χ0) is 13.1. The number of hydrogen-bond acceptors (Lipinski definition) is 2. The van der Waals surface area contributed by atoms with Gasteiger partial charge in [0.05, 0.1) is 11.9 Å². The second-order valence-corrected chi connectivity index (χ2v) is 4.84. The maximum absolute atomic E-state index is 5.75. The van der Waals surface area contributed by atoms with Gasteiger partial charge in [-0.1, -0.05) is 30.7 Å². The van der Waals surface area contributed by atoms with Gasteiger partial charge in [0.15, 0.2) is 0 Å². The van der Waals surface area contributed by atoms with E-state index < -0.39 is 0 Å². The number of aromatic amines is 1. The molecule has 18 heavy (non-hydrogen) atoms. The number of imidazole rings is 1. The summed E-state index contributed by atoms with van der Waals surface area (Å²) in [5.41, 5.74) is 10.6. The van der Waals surface area contributed by atoms with Gasteiger partial charge in [-0.2, -0.15) is 0 Å². The van der Waals surface area contributed by atoms with E-state index in [9.17, 15) is 0 Å². The first-order valence-corrected chi connectivity index (χ1v) is 6.48. The van der Waals surface area contributed by atoms with E-state index in [1.54, 1.807) is 0 Å². The summed E-state index contributed by atoms with van der Waals surface area (Å²) in [4.78, 5) is 7.86. The number of H-pyrrole nitrogens is 1. The molecule has 0 fully saturated rings. The fourth-order valence-electron chi connectivity index (χ4n) is 2.27. The lowest BCUT2D eigenvalue weighted by atomic mass is 10.0. The van der Waals surface area contributed by atoms with Crippen LogP contribution >= 0.6 is 0 Å². The molecule has 96 valence electrons. The standard InChI is InChI=1S/C15H21N3/c1-4-12(8-16)15-17-9-14(18-15)13-6-5-10(2)7-11(13)3/h5-7,9,12H,4,8,16H2,1-3H3,(H,17,18). The van der Waals surface area contributed by atoms with E-state index >= 15 is 0 Å². The summed E-state index contributed by atoms with van der Waals surface area (Å²) in [6, 6.07) is 6.46. The SMILES string of the molecule is CCC(CN)c1ncc(-c2ccc(C)cc2C)[nH]1. The van der Waals surface area contributed by atoms with Crippen LogP contribution in [0, 0.1) is 13.8 Å². The first kappa shape index (κ1) is 12.8. The Morgan fingerprint density at radius 1 is 1.33 bits per heavy atom. The molecule has 0 aliphatic rings. The Kier molecular flexibility index (Phi) is 3.82. The van der Waals surface area contributed by atoms with Crippen LogP contribution in [0.1, 0.15) is 36.2 Å². The molecule has 0 saturated heterocycles. The summed E-state index contributed by atoms with van der Waals surface area (Å²) >= 11 is 0. The second kappa shape index (κ2) is 5.36. The first-order valence-electron chi connectivity index (χ1n) is 6.48. The smallest absolute Gasteiger partial charge is 0.110 e. The summed E-state index contributed by atoms with van der Waals surface area (Å²) < 4.78 is 0. The Bertz CT molecular complexity index is 524. The summed E-state index contributed by atoms with van der Waals surface area (Å²) in [5, 5.41) is 0. The monoisotopic (exact) mass is 243 g/mol. The molecule has 0 aliphatic heterocycles. The number of aryl methyl sites for hydroxylation is 2. The number of nitrogens with two attached hydrogens (primary N) is 1. The highest BCUT2D eigenvalue weighted by Crippen LogP contribution is 2.24. The average Bonchev–Trinajstić information content (AvgIpc) is 2.80. The minimum absolute atomic E-state index is 0.324. The minimum Gasteiger partial charge on any atom is -0.342 e. The van der Waals surface area contributed by atoms with Gasteiger partial charge >= 0.3 is 0 Å². The van der Waals surface area contributed by atoms with Gasteiger partial charge in [0.1, 0.15) is 5.82 Å². The van der Waals surface area contributed by atoms with E-state index in [0.29, 0.717) is 12.5 Å². The normalized spacial score (nSPS) is 12.7. The van der Waals surface area contributed by atoms with Gasteiger partial charge < -0.3 is 10.7 Å². The van der Waals surface area contributed by atoms with Crippen molar-refractivity contribution in [3.05, 3.63) is 41.3 Å². The molecule has 2 rings (SSSR count). The number of nitrogens with zero attached hydrogens (tertiary/aromatic N) is 1. The van der Waals surface area contributed by atoms with Crippen molar-refractivity contribution in [2.24, 2.45) is 5.73 Å². The van der Waals surface area contributed by atoms with Crippen LogP contribution in [0.2, 0.25) is 0 Å². The van der Waals surface area contributed by atoms with Crippen LogP contribution in [-0.2, 0) is 0 Å². The van der Waals surface area contributed by atoms with Crippen molar-refractivity contribution in [3.63, 3.8) is 0 Å². The molecule has 1 unspecified atom stereocenters. The molecule has 0 aliphatic carbocycles. The molecule has 3 nitrogen and oxygen atoms in total. The zero-order valence-electron chi connectivity index (χ0n) is 11.3. The van der Waals surface area contributed by atoms with Crippen molar-refractivity contribution in [1.82, 2.24) is 9.97 Å². The van der Waals surface area contributed by atoms with Crippen LogP contribution in [0.5, 0.6) is 0 Å². The molecule has 2 aromatic rings. The van der Waals surface area contributed by atoms with E-state index in [2.05, 4.69) is 48.9 Å². The third-order valence-electron chi connectivity index (χ3n) is 3.43. The van der Waals surface area contributed by atoms with Crippen LogP contribution in [0.4, 0.5) is 0 Å². The maximum atomic E-state index is 5.75. The van der Waals surface area contributed by atoms with Crippen molar-refractivity contribution in [2.75, 3.05) is 6.54 Å². The highest BCUT2D eigenvalue weighted by molar-refractivity contribution is 5.63. The highest BCUT2D eigenvalue weighted by Gasteiger charge is 2.12. The lowest BCUT2D eigenvalue weighted by Gasteiger charge is -2.08. The highest BCUT2D eigenvalue weighted by atomic mass is 14.9. The van der Waals surface area contributed by atoms with Crippen LogP contribution in [0.25, 0.3) is 11.3 Å². The molecule has 0 saturated carbocycles.